The second kappa shape index (κ2) is 7.67. The summed E-state index contributed by atoms with van der Waals surface area (Å²) < 4.78 is 12.4. The minimum Gasteiger partial charge on any atom is -0.493 e. The third-order valence-electron chi connectivity index (χ3n) is 4.59. The molecule has 0 amide bonds. The van der Waals surface area contributed by atoms with Crippen LogP contribution in [0.4, 0.5) is 0 Å². The zero-order valence-electron chi connectivity index (χ0n) is 16.0. The van der Waals surface area contributed by atoms with Gasteiger partial charge in [-0.15, -0.1) is 5.10 Å². The Morgan fingerprint density at radius 2 is 1.96 bits per heavy atom. The van der Waals surface area contributed by atoms with Crippen molar-refractivity contribution in [3.05, 3.63) is 53.6 Å². The van der Waals surface area contributed by atoms with Crippen LogP contribution in [0.15, 0.2) is 47.6 Å². The van der Waals surface area contributed by atoms with Gasteiger partial charge in [-0.25, -0.2) is 4.98 Å². The van der Waals surface area contributed by atoms with Gasteiger partial charge in [-0.3, -0.25) is 4.79 Å². The normalized spacial score (nSPS) is 16.0. The molecule has 144 valence electrons. The van der Waals surface area contributed by atoms with Gasteiger partial charge in [0.05, 0.1) is 13.7 Å². The van der Waals surface area contributed by atoms with Gasteiger partial charge < -0.3 is 9.47 Å². The minimum atomic E-state index is -0.0579. The third kappa shape index (κ3) is 3.49. The molecule has 0 aliphatic carbocycles. The summed E-state index contributed by atoms with van der Waals surface area (Å²) in [5.74, 6) is 1.88. The van der Waals surface area contributed by atoms with Gasteiger partial charge >= 0.3 is 0 Å². The van der Waals surface area contributed by atoms with Crippen molar-refractivity contribution in [3.8, 4) is 22.9 Å². The van der Waals surface area contributed by atoms with E-state index in [2.05, 4.69) is 10.1 Å². The maximum absolute atomic E-state index is 12.7. The van der Waals surface area contributed by atoms with Gasteiger partial charge in [0.15, 0.2) is 22.5 Å². The fraction of sp³-hybridized carbons (Fsp3) is 0.286. The number of thioether (sulfide) groups is 1. The molecule has 0 spiro atoms. The Morgan fingerprint density at radius 1 is 1.18 bits per heavy atom. The number of aryl methyl sites for hydroxylation is 1. The molecule has 28 heavy (non-hydrogen) atoms. The van der Waals surface area contributed by atoms with E-state index in [9.17, 15) is 4.79 Å². The van der Waals surface area contributed by atoms with Crippen LogP contribution >= 0.6 is 11.8 Å². The van der Waals surface area contributed by atoms with Crippen molar-refractivity contribution in [2.24, 2.45) is 0 Å². The fourth-order valence-electron chi connectivity index (χ4n) is 3.12. The second-order valence-electron chi connectivity index (χ2n) is 6.54. The first-order valence-corrected chi connectivity index (χ1v) is 10.0. The van der Waals surface area contributed by atoms with E-state index in [1.165, 1.54) is 10.2 Å². The van der Waals surface area contributed by atoms with E-state index in [4.69, 9.17) is 9.47 Å². The van der Waals surface area contributed by atoms with Crippen LogP contribution in [0.2, 0.25) is 0 Å². The molecule has 3 aromatic rings. The highest BCUT2D eigenvalue weighted by Gasteiger charge is 2.30. The average molecular weight is 395 g/mol. The zero-order valence-corrected chi connectivity index (χ0v) is 16.8. The summed E-state index contributed by atoms with van der Waals surface area (Å²) in [5.41, 5.74) is 3.08. The number of fused-ring (bicyclic) bond motifs is 1. The van der Waals surface area contributed by atoms with Gasteiger partial charge in [0.2, 0.25) is 0 Å². The molecule has 0 N–H and O–H groups in total. The quantitative estimate of drug-likeness (QED) is 0.632. The molecule has 0 radical (unpaired) electrons. The number of hydrogen-bond acceptors (Lipinski definition) is 6. The highest BCUT2D eigenvalue weighted by Crippen LogP contribution is 2.43. The first-order chi connectivity index (χ1) is 13.6. The van der Waals surface area contributed by atoms with Crippen molar-refractivity contribution in [1.29, 1.82) is 0 Å². The Morgan fingerprint density at radius 3 is 2.68 bits per heavy atom. The minimum absolute atomic E-state index is 0.0420. The maximum Gasteiger partial charge on any atom is 0.250 e. The van der Waals surface area contributed by atoms with Gasteiger partial charge in [-0.1, -0.05) is 47.7 Å². The molecule has 1 atom stereocenters. The fourth-order valence-corrected chi connectivity index (χ4v) is 4.27. The summed E-state index contributed by atoms with van der Waals surface area (Å²) >= 11 is 1.54. The summed E-state index contributed by atoms with van der Waals surface area (Å²) in [7, 11) is 1.62. The monoisotopic (exact) mass is 395 g/mol. The predicted octanol–water partition coefficient (Wildman–Crippen LogP) is 4.54. The maximum atomic E-state index is 12.7. The van der Waals surface area contributed by atoms with E-state index < -0.39 is 0 Å². The lowest BCUT2D eigenvalue weighted by Gasteiger charge is -2.21. The lowest BCUT2D eigenvalue weighted by molar-refractivity contribution is 0.0868. The summed E-state index contributed by atoms with van der Waals surface area (Å²) in [6, 6.07) is 13.8. The Kier molecular flexibility index (Phi) is 5.09. The van der Waals surface area contributed by atoms with Gasteiger partial charge in [-0.05, 0) is 31.5 Å². The van der Waals surface area contributed by atoms with Crippen LogP contribution in [0.5, 0.6) is 11.5 Å². The molecule has 0 saturated heterocycles. The van der Waals surface area contributed by atoms with Crippen molar-refractivity contribution < 1.29 is 14.3 Å². The zero-order chi connectivity index (χ0) is 19.7. The molecular formula is C21H21N3O3S. The standard InChI is InChI=1S/C21H21N3O3S/c1-4-27-16-10-9-15(11-17(16)26-3)18-12-19(25)24-21(28-18)22-20(23-24)14-7-5-13(2)6-8-14/h5-11,18H,4,12H2,1-3H3/t18-/m0/s1. The Hall–Kier alpha value is -2.80. The van der Waals surface area contributed by atoms with E-state index >= 15 is 0 Å². The number of methoxy groups -OCH3 is 1. The highest BCUT2D eigenvalue weighted by atomic mass is 32.2. The van der Waals surface area contributed by atoms with Crippen LogP contribution in [0.1, 0.15) is 34.5 Å². The van der Waals surface area contributed by atoms with Crippen LogP contribution in [-0.4, -0.2) is 34.4 Å². The molecule has 1 aromatic heterocycles. The molecule has 1 aliphatic rings. The molecule has 2 aromatic carbocycles. The van der Waals surface area contributed by atoms with Crippen LogP contribution in [0, 0.1) is 6.92 Å². The average Bonchev–Trinajstić information content (AvgIpc) is 3.14. The lowest BCUT2D eigenvalue weighted by Crippen LogP contribution is -2.21. The Labute approximate surface area is 167 Å². The number of nitrogens with zero attached hydrogens (tertiary/aromatic N) is 3. The largest absolute Gasteiger partial charge is 0.493 e. The van der Waals surface area contributed by atoms with Gasteiger partial charge in [0.1, 0.15) is 0 Å². The molecule has 2 heterocycles. The lowest BCUT2D eigenvalue weighted by atomic mass is 10.1. The van der Waals surface area contributed by atoms with Gasteiger partial charge in [-0.2, -0.15) is 4.68 Å². The SMILES string of the molecule is CCOc1ccc([C@@H]2CC(=O)n3nc(-c4ccc(C)cc4)nc3S2)cc1OC. The molecule has 0 bridgehead atoms. The summed E-state index contributed by atoms with van der Waals surface area (Å²) in [4.78, 5) is 17.3. The number of hydrogen-bond donors (Lipinski definition) is 0. The van der Waals surface area contributed by atoms with E-state index in [0.29, 0.717) is 35.5 Å². The molecule has 1 aliphatic heterocycles. The molecular weight excluding hydrogens is 374 g/mol. The third-order valence-corrected chi connectivity index (χ3v) is 5.79. The van der Waals surface area contributed by atoms with Crippen LogP contribution in [0.3, 0.4) is 0 Å². The van der Waals surface area contributed by atoms with Crippen molar-refractivity contribution >= 4 is 17.7 Å². The number of benzene rings is 2. The number of ether oxygens (including phenoxy) is 2. The van der Waals surface area contributed by atoms with E-state index in [1.54, 1.807) is 18.9 Å². The first-order valence-electron chi connectivity index (χ1n) is 9.13. The van der Waals surface area contributed by atoms with Gasteiger partial charge in [0.25, 0.3) is 5.91 Å². The molecule has 0 unspecified atom stereocenters. The van der Waals surface area contributed by atoms with E-state index in [1.807, 2.05) is 56.3 Å². The molecule has 0 fully saturated rings. The summed E-state index contributed by atoms with van der Waals surface area (Å²) in [6.45, 7) is 4.53. The molecule has 4 rings (SSSR count). The number of aromatic nitrogens is 3. The van der Waals surface area contributed by atoms with Crippen molar-refractivity contribution in [2.75, 3.05) is 13.7 Å². The number of carbonyl (C=O) groups excluding carboxylic acids is 1. The van der Waals surface area contributed by atoms with Crippen molar-refractivity contribution in [1.82, 2.24) is 14.8 Å². The second-order valence-corrected chi connectivity index (χ2v) is 7.71. The van der Waals surface area contributed by atoms with E-state index in [0.717, 1.165) is 11.1 Å². The first kappa shape index (κ1) is 18.6. The van der Waals surface area contributed by atoms with Gasteiger partial charge in [0, 0.05) is 17.2 Å². The Bertz CT molecular complexity index is 1010. The summed E-state index contributed by atoms with van der Waals surface area (Å²) in [5, 5.41) is 5.00. The van der Waals surface area contributed by atoms with E-state index in [-0.39, 0.29) is 11.2 Å². The topological polar surface area (TPSA) is 66.2 Å². The smallest absolute Gasteiger partial charge is 0.250 e. The summed E-state index contributed by atoms with van der Waals surface area (Å²) in [6.07, 6.45) is 0.353. The Balaban J connectivity index is 1.63. The predicted molar refractivity (Wildman–Crippen MR) is 108 cm³/mol. The molecule has 7 heteroatoms. The van der Waals surface area contributed by atoms with Crippen molar-refractivity contribution in [3.63, 3.8) is 0 Å². The molecule has 0 saturated carbocycles. The van der Waals surface area contributed by atoms with Crippen LogP contribution < -0.4 is 9.47 Å². The number of carbonyl (C=O) groups is 1. The highest BCUT2D eigenvalue weighted by molar-refractivity contribution is 7.99. The van der Waals surface area contributed by atoms with Crippen LogP contribution in [-0.2, 0) is 0 Å². The number of rotatable bonds is 5. The van der Waals surface area contributed by atoms with Crippen LogP contribution in [0.25, 0.3) is 11.4 Å². The van der Waals surface area contributed by atoms with Crippen molar-refractivity contribution in [2.45, 2.75) is 30.7 Å². The molecule has 6 nitrogen and oxygen atoms in total.